The summed E-state index contributed by atoms with van der Waals surface area (Å²) in [5.74, 6) is -0.472. The first-order valence-electron chi connectivity index (χ1n) is 4.15. The van der Waals surface area contributed by atoms with Gasteiger partial charge in [0.15, 0.2) is 11.5 Å². The third-order valence-corrected chi connectivity index (χ3v) is 1.93. The van der Waals surface area contributed by atoms with Gasteiger partial charge in [-0.3, -0.25) is 10.1 Å². The summed E-state index contributed by atoms with van der Waals surface area (Å²) in [4.78, 5) is 9.96. The van der Waals surface area contributed by atoms with E-state index in [0.717, 1.165) is 0 Å². The monoisotopic (exact) mass is 197 g/mol. The van der Waals surface area contributed by atoms with Crippen LogP contribution in [-0.2, 0) is 6.42 Å². The quantitative estimate of drug-likeness (QED) is 0.434. The molecule has 5 nitrogen and oxygen atoms in total. The summed E-state index contributed by atoms with van der Waals surface area (Å²) < 4.78 is 0. The van der Waals surface area contributed by atoms with Gasteiger partial charge in [-0.25, -0.2) is 0 Å². The molecule has 0 aliphatic carbocycles. The van der Waals surface area contributed by atoms with E-state index < -0.39 is 6.04 Å². The molecule has 0 radical (unpaired) electrons. The fourth-order valence-electron chi connectivity index (χ4n) is 1.11. The lowest BCUT2D eigenvalue weighted by Gasteiger charge is -2.05. The zero-order valence-corrected chi connectivity index (χ0v) is 7.67. The molecule has 0 bridgehead atoms. The molecule has 0 aliphatic heterocycles. The van der Waals surface area contributed by atoms with Crippen molar-refractivity contribution < 1.29 is 15.1 Å². The van der Waals surface area contributed by atoms with Crippen LogP contribution in [0.25, 0.3) is 0 Å². The van der Waals surface area contributed by atoms with Crippen molar-refractivity contribution in [2.45, 2.75) is 19.4 Å². The number of nitrogens with zero attached hydrogens (tertiary/aromatic N) is 1. The molecule has 0 saturated heterocycles. The molecule has 0 heterocycles. The molecular formula is C9H11NO4. The lowest BCUT2D eigenvalue weighted by molar-refractivity contribution is -0.517. The molecular weight excluding hydrogens is 186 g/mol. The minimum atomic E-state index is -0.695. The second-order valence-electron chi connectivity index (χ2n) is 3.16. The fraction of sp³-hybridized carbons (Fsp3) is 0.333. The summed E-state index contributed by atoms with van der Waals surface area (Å²) >= 11 is 0. The smallest absolute Gasteiger partial charge is 0.214 e. The molecule has 1 atom stereocenters. The van der Waals surface area contributed by atoms with Crippen LogP contribution in [-0.4, -0.2) is 21.2 Å². The average Bonchev–Trinajstić information content (AvgIpc) is 2.11. The van der Waals surface area contributed by atoms with E-state index in [-0.39, 0.29) is 22.8 Å². The highest BCUT2D eigenvalue weighted by atomic mass is 16.6. The van der Waals surface area contributed by atoms with Crippen LogP contribution in [0.15, 0.2) is 18.2 Å². The van der Waals surface area contributed by atoms with Gasteiger partial charge in [0.2, 0.25) is 6.04 Å². The maximum Gasteiger partial charge on any atom is 0.214 e. The van der Waals surface area contributed by atoms with Gasteiger partial charge in [0.25, 0.3) is 0 Å². The second-order valence-corrected chi connectivity index (χ2v) is 3.16. The fourth-order valence-corrected chi connectivity index (χ4v) is 1.11. The maximum atomic E-state index is 10.3. The van der Waals surface area contributed by atoms with Crippen LogP contribution in [0.1, 0.15) is 12.5 Å². The summed E-state index contributed by atoms with van der Waals surface area (Å²) in [6.45, 7) is 1.49. The third kappa shape index (κ3) is 2.35. The molecule has 76 valence electrons. The van der Waals surface area contributed by atoms with E-state index in [1.807, 2.05) is 0 Å². The Balaban J connectivity index is 2.78. The number of hydrogen-bond acceptors (Lipinski definition) is 4. The summed E-state index contributed by atoms with van der Waals surface area (Å²) in [5.41, 5.74) is 0.629. The highest BCUT2D eigenvalue weighted by Gasteiger charge is 2.14. The van der Waals surface area contributed by atoms with Crippen molar-refractivity contribution in [2.75, 3.05) is 0 Å². The molecule has 0 fully saturated rings. The van der Waals surface area contributed by atoms with E-state index >= 15 is 0 Å². The van der Waals surface area contributed by atoms with Gasteiger partial charge in [-0.1, -0.05) is 6.07 Å². The van der Waals surface area contributed by atoms with Crippen molar-refractivity contribution in [1.29, 1.82) is 0 Å². The lowest BCUT2D eigenvalue weighted by Crippen LogP contribution is -2.17. The third-order valence-electron chi connectivity index (χ3n) is 1.93. The van der Waals surface area contributed by atoms with E-state index in [4.69, 9.17) is 10.2 Å². The standard InChI is InChI=1S/C9H11NO4/c1-6(10(13)14)4-7-2-3-8(11)9(12)5-7/h2-3,5-6,11-12H,4H2,1H3. The zero-order chi connectivity index (χ0) is 10.7. The van der Waals surface area contributed by atoms with Gasteiger partial charge in [-0.15, -0.1) is 0 Å². The summed E-state index contributed by atoms with van der Waals surface area (Å²) in [7, 11) is 0. The Labute approximate surface area is 80.8 Å². The number of hydrogen-bond donors (Lipinski definition) is 2. The number of phenolic OH excluding ortho intramolecular Hbond substituents is 2. The molecule has 14 heavy (non-hydrogen) atoms. The number of nitro groups is 1. The van der Waals surface area contributed by atoms with Crippen molar-refractivity contribution in [1.82, 2.24) is 0 Å². The minimum absolute atomic E-state index is 0.220. The molecule has 1 aromatic carbocycles. The average molecular weight is 197 g/mol. The van der Waals surface area contributed by atoms with Crippen LogP contribution < -0.4 is 0 Å². The van der Waals surface area contributed by atoms with E-state index in [1.54, 1.807) is 6.07 Å². The highest BCUT2D eigenvalue weighted by molar-refractivity contribution is 5.40. The molecule has 1 aromatic rings. The number of phenols is 2. The SMILES string of the molecule is CC(Cc1ccc(O)c(O)c1)[N+](=O)[O-]. The molecule has 0 aromatic heterocycles. The van der Waals surface area contributed by atoms with Gasteiger partial charge < -0.3 is 10.2 Å². The number of aromatic hydroxyl groups is 2. The number of benzene rings is 1. The molecule has 0 aliphatic rings. The Morgan fingerprint density at radius 3 is 2.57 bits per heavy atom. The van der Waals surface area contributed by atoms with Crippen molar-refractivity contribution in [2.24, 2.45) is 0 Å². The Bertz CT molecular complexity index is 351. The van der Waals surface area contributed by atoms with Crippen LogP contribution in [0.2, 0.25) is 0 Å². The van der Waals surface area contributed by atoms with Crippen LogP contribution >= 0.6 is 0 Å². The van der Waals surface area contributed by atoms with Crippen molar-refractivity contribution in [3.8, 4) is 11.5 Å². The van der Waals surface area contributed by atoms with Crippen LogP contribution in [0.4, 0.5) is 0 Å². The van der Waals surface area contributed by atoms with Gasteiger partial charge in [0, 0.05) is 18.3 Å². The summed E-state index contributed by atoms with van der Waals surface area (Å²) in [5, 5.41) is 28.5. The van der Waals surface area contributed by atoms with Gasteiger partial charge in [0.05, 0.1) is 0 Å². The predicted molar refractivity (Wildman–Crippen MR) is 49.9 cm³/mol. The van der Waals surface area contributed by atoms with Crippen LogP contribution in [0, 0.1) is 10.1 Å². The molecule has 0 spiro atoms. The first kappa shape index (κ1) is 10.3. The van der Waals surface area contributed by atoms with E-state index in [9.17, 15) is 10.1 Å². The van der Waals surface area contributed by atoms with Gasteiger partial charge >= 0.3 is 0 Å². The first-order chi connectivity index (χ1) is 6.50. The topological polar surface area (TPSA) is 83.6 Å². The van der Waals surface area contributed by atoms with Gasteiger partial charge in [0.1, 0.15) is 0 Å². The maximum absolute atomic E-state index is 10.3. The molecule has 1 unspecified atom stereocenters. The van der Waals surface area contributed by atoms with Crippen molar-refractivity contribution >= 4 is 0 Å². The van der Waals surface area contributed by atoms with Crippen LogP contribution in [0.3, 0.4) is 0 Å². The second kappa shape index (κ2) is 3.95. The first-order valence-corrected chi connectivity index (χ1v) is 4.15. The Morgan fingerprint density at radius 1 is 1.43 bits per heavy atom. The largest absolute Gasteiger partial charge is 0.504 e. The van der Waals surface area contributed by atoms with Crippen molar-refractivity contribution in [3.05, 3.63) is 33.9 Å². The van der Waals surface area contributed by atoms with Crippen molar-refractivity contribution in [3.63, 3.8) is 0 Å². The summed E-state index contributed by atoms with van der Waals surface area (Å²) in [6.07, 6.45) is 0.237. The predicted octanol–water partition coefficient (Wildman–Crippen LogP) is 1.31. The normalized spacial score (nSPS) is 12.4. The lowest BCUT2D eigenvalue weighted by atomic mass is 10.1. The zero-order valence-electron chi connectivity index (χ0n) is 7.67. The Kier molecular flexibility index (Phi) is 2.91. The number of rotatable bonds is 3. The van der Waals surface area contributed by atoms with E-state index in [0.29, 0.717) is 5.56 Å². The van der Waals surface area contributed by atoms with Gasteiger partial charge in [-0.05, 0) is 17.7 Å². The molecule has 2 N–H and O–H groups in total. The molecule has 0 amide bonds. The Hall–Kier alpha value is -1.78. The van der Waals surface area contributed by atoms with Gasteiger partial charge in [-0.2, -0.15) is 0 Å². The van der Waals surface area contributed by atoms with E-state index in [1.165, 1.54) is 19.1 Å². The van der Waals surface area contributed by atoms with E-state index in [2.05, 4.69) is 0 Å². The molecule has 0 saturated carbocycles. The highest BCUT2D eigenvalue weighted by Crippen LogP contribution is 2.25. The Morgan fingerprint density at radius 2 is 2.07 bits per heavy atom. The van der Waals surface area contributed by atoms with Crippen LogP contribution in [0.5, 0.6) is 11.5 Å². The summed E-state index contributed by atoms with van der Waals surface area (Å²) in [6, 6.07) is 3.50. The molecule has 1 rings (SSSR count). The minimum Gasteiger partial charge on any atom is -0.504 e. The molecule has 5 heteroatoms.